The van der Waals surface area contributed by atoms with Gasteiger partial charge in [-0.05, 0) is 86.3 Å². The van der Waals surface area contributed by atoms with Crippen LogP contribution in [-0.2, 0) is 14.3 Å². The van der Waals surface area contributed by atoms with Crippen LogP contribution in [0.25, 0.3) is 0 Å². The fraction of sp³-hybridized carbons (Fsp3) is 0.605. The van der Waals surface area contributed by atoms with Gasteiger partial charge in [0.1, 0.15) is 11.2 Å². The molecule has 2 aliphatic heterocycles. The molecule has 1 aliphatic carbocycles. The average Bonchev–Trinajstić information content (AvgIpc) is 3.74. The van der Waals surface area contributed by atoms with E-state index >= 15 is 0 Å². The first-order valence-electron chi connectivity index (χ1n) is 17.0. The summed E-state index contributed by atoms with van der Waals surface area (Å²) in [5.74, 6) is 0.0299. The monoisotopic (exact) mass is 648 g/mol. The summed E-state index contributed by atoms with van der Waals surface area (Å²) >= 11 is 0. The highest BCUT2D eigenvalue weighted by atomic mass is 16.6. The first-order chi connectivity index (χ1) is 21.9. The van der Waals surface area contributed by atoms with E-state index in [1.165, 1.54) is 18.4 Å². The molecule has 0 N–H and O–H groups in total. The van der Waals surface area contributed by atoms with Crippen molar-refractivity contribution in [3.05, 3.63) is 71.8 Å². The van der Waals surface area contributed by atoms with Crippen LogP contribution in [0.1, 0.15) is 105 Å². The number of carbonyl (C=O) groups is 3. The Balaban J connectivity index is 0.000000213. The minimum Gasteiger partial charge on any atom is -0.444 e. The summed E-state index contributed by atoms with van der Waals surface area (Å²) < 4.78 is 11.2. The SMILES string of the molecule is CC(=O)N1C[C@H](c2ccccc2)N(C(=O)OC(C)(C)C)C[C@H]1C.C[C@@H]1CN(C(=O)OC(C)(C)C)[C@@H](c2ccccc2)CN1C1(C)CC1. The first kappa shape index (κ1) is 36.2. The van der Waals surface area contributed by atoms with Gasteiger partial charge in [-0.3, -0.25) is 19.5 Å². The number of amides is 3. The van der Waals surface area contributed by atoms with Gasteiger partial charge in [0, 0.05) is 50.7 Å². The maximum Gasteiger partial charge on any atom is 0.410 e. The van der Waals surface area contributed by atoms with Crippen molar-refractivity contribution < 1.29 is 23.9 Å². The number of rotatable bonds is 3. The molecule has 0 radical (unpaired) electrons. The highest BCUT2D eigenvalue weighted by Crippen LogP contribution is 2.45. The summed E-state index contributed by atoms with van der Waals surface area (Å²) in [5, 5.41) is 0. The van der Waals surface area contributed by atoms with Crippen molar-refractivity contribution >= 4 is 18.1 Å². The number of hydrogen-bond acceptors (Lipinski definition) is 6. The van der Waals surface area contributed by atoms with Gasteiger partial charge in [-0.1, -0.05) is 60.7 Å². The van der Waals surface area contributed by atoms with E-state index in [9.17, 15) is 14.4 Å². The molecule has 3 amide bonds. The molecule has 0 unspecified atom stereocenters. The van der Waals surface area contributed by atoms with Gasteiger partial charge >= 0.3 is 12.2 Å². The van der Waals surface area contributed by atoms with Gasteiger partial charge in [0.2, 0.25) is 5.91 Å². The highest BCUT2D eigenvalue weighted by Gasteiger charge is 2.49. The summed E-state index contributed by atoms with van der Waals surface area (Å²) in [4.78, 5) is 45.4. The van der Waals surface area contributed by atoms with Gasteiger partial charge in [-0.2, -0.15) is 0 Å². The van der Waals surface area contributed by atoms with Crippen LogP contribution in [0.5, 0.6) is 0 Å². The van der Waals surface area contributed by atoms with Crippen molar-refractivity contribution in [2.24, 2.45) is 0 Å². The second-order valence-electron chi connectivity index (χ2n) is 15.6. The fourth-order valence-electron chi connectivity index (χ4n) is 6.58. The Morgan fingerprint density at radius 1 is 0.638 bits per heavy atom. The molecule has 9 heteroatoms. The molecule has 47 heavy (non-hydrogen) atoms. The molecule has 0 spiro atoms. The molecule has 3 fully saturated rings. The zero-order valence-corrected chi connectivity index (χ0v) is 30.2. The number of ether oxygens (including phenoxy) is 2. The van der Waals surface area contributed by atoms with E-state index in [1.807, 2.05) is 107 Å². The van der Waals surface area contributed by atoms with Gasteiger partial charge in [0.15, 0.2) is 0 Å². The van der Waals surface area contributed by atoms with E-state index in [-0.39, 0.29) is 36.2 Å². The van der Waals surface area contributed by atoms with Crippen molar-refractivity contribution in [1.29, 1.82) is 0 Å². The van der Waals surface area contributed by atoms with Crippen molar-refractivity contribution in [1.82, 2.24) is 19.6 Å². The number of piperazine rings is 2. The van der Waals surface area contributed by atoms with Crippen molar-refractivity contribution in [2.45, 2.75) is 123 Å². The summed E-state index contributed by atoms with van der Waals surface area (Å²) in [7, 11) is 0. The van der Waals surface area contributed by atoms with Crippen LogP contribution >= 0.6 is 0 Å². The lowest BCUT2D eigenvalue weighted by molar-refractivity contribution is -0.135. The van der Waals surface area contributed by atoms with Gasteiger partial charge in [0.05, 0.1) is 12.1 Å². The van der Waals surface area contributed by atoms with Gasteiger partial charge in [-0.15, -0.1) is 0 Å². The third-order valence-corrected chi connectivity index (χ3v) is 9.17. The van der Waals surface area contributed by atoms with Crippen molar-refractivity contribution in [2.75, 3.05) is 26.2 Å². The summed E-state index contributed by atoms with van der Waals surface area (Å²) in [6.07, 6.45) is 1.97. The predicted molar refractivity (Wildman–Crippen MR) is 185 cm³/mol. The topological polar surface area (TPSA) is 82.6 Å². The Morgan fingerprint density at radius 3 is 1.43 bits per heavy atom. The minimum absolute atomic E-state index is 0.0278. The third kappa shape index (κ3) is 9.49. The molecule has 5 rings (SSSR count). The molecule has 0 aromatic heterocycles. The molecule has 2 aromatic rings. The minimum atomic E-state index is -0.542. The standard InChI is InChI=1S/C20H30N2O2.C18H26N2O3/c1-15-13-21(18(23)24-19(2,3)4)17(16-9-7-6-8-10-16)14-22(15)20(5)11-12-20;1-13-11-20(17(22)23-18(3,4)5)16(12-19(13)14(2)21)15-9-7-6-8-10-15/h6-10,15,17H,11-14H2,1-5H3;6-10,13,16H,11-12H2,1-5H3/t15-,17-;13-,16-/m11/s1. The van der Waals surface area contributed by atoms with Crippen LogP contribution in [0.3, 0.4) is 0 Å². The van der Waals surface area contributed by atoms with Gasteiger partial charge < -0.3 is 14.4 Å². The molecular formula is C38H56N4O5. The van der Waals surface area contributed by atoms with Gasteiger partial charge in [0.25, 0.3) is 0 Å². The molecule has 2 saturated heterocycles. The lowest BCUT2D eigenvalue weighted by Gasteiger charge is -2.48. The Hall–Kier alpha value is -3.59. The average molecular weight is 649 g/mol. The molecule has 3 aliphatic rings. The Kier molecular flexibility index (Phi) is 11.0. The van der Waals surface area contributed by atoms with Crippen molar-refractivity contribution in [3.8, 4) is 0 Å². The van der Waals surface area contributed by atoms with Crippen LogP contribution < -0.4 is 0 Å². The van der Waals surface area contributed by atoms with E-state index in [0.717, 1.165) is 12.1 Å². The normalized spacial score (nSPS) is 24.5. The summed E-state index contributed by atoms with van der Waals surface area (Å²) in [6.45, 7) is 22.0. The van der Waals surface area contributed by atoms with E-state index in [1.54, 1.807) is 11.8 Å². The molecule has 1 saturated carbocycles. The predicted octanol–water partition coefficient (Wildman–Crippen LogP) is 7.44. The van der Waals surface area contributed by atoms with E-state index in [0.29, 0.717) is 31.2 Å². The lowest BCUT2D eigenvalue weighted by Crippen LogP contribution is -2.58. The fourth-order valence-corrected chi connectivity index (χ4v) is 6.58. The van der Waals surface area contributed by atoms with Crippen LogP contribution in [0.15, 0.2) is 60.7 Å². The van der Waals surface area contributed by atoms with Gasteiger partial charge in [-0.25, -0.2) is 9.59 Å². The largest absolute Gasteiger partial charge is 0.444 e. The van der Waals surface area contributed by atoms with Crippen molar-refractivity contribution in [3.63, 3.8) is 0 Å². The summed E-state index contributed by atoms with van der Waals surface area (Å²) in [5.41, 5.74) is 1.49. The maximum absolute atomic E-state index is 12.8. The number of hydrogen-bond donors (Lipinski definition) is 0. The molecule has 0 bridgehead atoms. The zero-order valence-electron chi connectivity index (χ0n) is 30.2. The molecule has 258 valence electrons. The van der Waals surface area contributed by atoms with Crippen LogP contribution in [0.2, 0.25) is 0 Å². The Morgan fingerprint density at radius 2 is 1.04 bits per heavy atom. The molecule has 9 nitrogen and oxygen atoms in total. The molecule has 2 heterocycles. The second kappa shape index (κ2) is 14.3. The van der Waals surface area contributed by atoms with E-state index in [2.05, 4.69) is 30.9 Å². The van der Waals surface area contributed by atoms with Crippen LogP contribution in [0, 0.1) is 0 Å². The quantitative estimate of drug-likeness (QED) is 0.344. The summed E-state index contributed by atoms with van der Waals surface area (Å²) in [6, 6.07) is 20.3. The van der Waals surface area contributed by atoms with Crippen LogP contribution in [0.4, 0.5) is 9.59 Å². The zero-order chi connectivity index (χ0) is 34.7. The molecular weight excluding hydrogens is 592 g/mol. The smallest absolute Gasteiger partial charge is 0.410 e. The van der Waals surface area contributed by atoms with E-state index in [4.69, 9.17) is 9.47 Å². The number of benzene rings is 2. The molecule has 2 aromatic carbocycles. The number of carbonyl (C=O) groups excluding carboxylic acids is 3. The second-order valence-corrected chi connectivity index (χ2v) is 15.6. The Bertz CT molecular complexity index is 1370. The third-order valence-electron chi connectivity index (χ3n) is 9.17. The number of nitrogens with zero attached hydrogens (tertiary/aromatic N) is 4. The first-order valence-corrected chi connectivity index (χ1v) is 17.0. The lowest BCUT2D eigenvalue weighted by atomic mass is 9.98. The van der Waals surface area contributed by atoms with E-state index < -0.39 is 11.2 Å². The maximum atomic E-state index is 12.8. The highest BCUT2D eigenvalue weighted by molar-refractivity contribution is 5.75. The Labute approximate surface area is 282 Å². The molecule has 4 atom stereocenters. The van der Waals surface area contributed by atoms with Crippen LogP contribution in [-0.4, -0.2) is 92.7 Å².